The average Bonchev–Trinajstić information content (AvgIpc) is 2.84. The Labute approximate surface area is 121 Å². The van der Waals surface area contributed by atoms with Crippen molar-refractivity contribution in [1.29, 1.82) is 0 Å². The molecule has 19 heavy (non-hydrogen) atoms. The smallest absolute Gasteiger partial charge is 0.321 e. The van der Waals surface area contributed by atoms with Crippen LogP contribution < -0.4 is 10.6 Å². The number of esters is 1. The van der Waals surface area contributed by atoms with Gasteiger partial charge in [0.25, 0.3) is 5.91 Å². The second-order valence-electron chi connectivity index (χ2n) is 4.59. The van der Waals surface area contributed by atoms with Gasteiger partial charge >= 0.3 is 12.0 Å². The number of hydrogen-bond donors (Lipinski definition) is 2. The number of urea groups is 1. The first kappa shape index (κ1) is 16.0. The van der Waals surface area contributed by atoms with Crippen molar-refractivity contribution in [3.63, 3.8) is 0 Å². The maximum absolute atomic E-state index is 11.6. The van der Waals surface area contributed by atoms with Gasteiger partial charge < -0.3 is 10.1 Å². The first-order chi connectivity index (χ1) is 8.73. The minimum atomic E-state index is -1.14. The standard InChI is InChI=1S/C11H16Cl2N2O4/c1-3-4-14-9(18)15-7(16)5-19-8(17)10(2)6-11(10,12)13/h3-6H2,1-2H3,(H2,14,15,16,18)/t10-/m0/s1. The Morgan fingerprint density at radius 2 is 1.89 bits per heavy atom. The summed E-state index contributed by atoms with van der Waals surface area (Å²) in [6, 6.07) is -0.621. The molecule has 6 nitrogen and oxygen atoms in total. The molecule has 2 N–H and O–H groups in total. The summed E-state index contributed by atoms with van der Waals surface area (Å²) in [5.74, 6) is -1.36. The predicted octanol–water partition coefficient (Wildman–Crippen LogP) is 1.35. The van der Waals surface area contributed by atoms with Crippen LogP contribution in [0.3, 0.4) is 0 Å². The van der Waals surface area contributed by atoms with Crippen LogP contribution in [0.2, 0.25) is 0 Å². The molecule has 0 radical (unpaired) electrons. The molecule has 1 aliphatic rings. The molecular formula is C11H16Cl2N2O4. The highest BCUT2D eigenvalue weighted by Gasteiger charge is 2.69. The Balaban J connectivity index is 2.28. The van der Waals surface area contributed by atoms with E-state index in [0.717, 1.165) is 6.42 Å². The van der Waals surface area contributed by atoms with Crippen LogP contribution in [0, 0.1) is 5.41 Å². The van der Waals surface area contributed by atoms with Crippen molar-refractivity contribution >= 4 is 41.1 Å². The number of ether oxygens (including phenoxy) is 1. The van der Waals surface area contributed by atoms with Crippen LogP contribution >= 0.6 is 23.2 Å². The van der Waals surface area contributed by atoms with E-state index < -0.39 is 34.3 Å². The molecule has 0 aromatic heterocycles. The van der Waals surface area contributed by atoms with Crippen LogP contribution in [0.4, 0.5) is 4.79 Å². The zero-order chi connectivity index (χ0) is 14.7. The predicted molar refractivity (Wildman–Crippen MR) is 70.0 cm³/mol. The Hall–Kier alpha value is -1.01. The molecule has 3 amide bonds. The number of hydrogen-bond acceptors (Lipinski definition) is 4. The fourth-order valence-electron chi connectivity index (χ4n) is 1.36. The van der Waals surface area contributed by atoms with Crippen molar-refractivity contribution < 1.29 is 19.1 Å². The second-order valence-corrected chi connectivity index (χ2v) is 6.08. The lowest BCUT2D eigenvalue weighted by Crippen LogP contribution is -2.42. The quantitative estimate of drug-likeness (QED) is 0.593. The third-order valence-corrected chi connectivity index (χ3v) is 3.93. The molecular weight excluding hydrogens is 295 g/mol. The van der Waals surface area contributed by atoms with Crippen LogP contribution in [-0.4, -0.2) is 35.4 Å². The van der Waals surface area contributed by atoms with E-state index in [1.165, 1.54) is 0 Å². The highest BCUT2D eigenvalue weighted by molar-refractivity contribution is 6.53. The fourth-order valence-corrected chi connectivity index (χ4v) is 2.05. The molecule has 0 aromatic carbocycles. The minimum absolute atomic E-state index is 0.278. The molecule has 0 spiro atoms. The molecule has 1 atom stereocenters. The van der Waals surface area contributed by atoms with Gasteiger partial charge in [-0.25, -0.2) is 4.79 Å². The number of nitrogens with one attached hydrogen (secondary N) is 2. The Morgan fingerprint density at radius 1 is 1.32 bits per heavy atom. The third kappa shape index (κ3) is 3.98. The zero-order valence-electron chi connectivity index (χ0n) is 10.7. The molecule has 8 heteroatoms. The number of halogens is 2. The normalized spacial score (nSPS) is 23.4. The average molecular weight is 311 g/mol. The van der Waals surface area contributed by atoms with Crippen LogP contribution in [0.5, 0.6) is 0 Å². The minimum Gasteiger partial charge on any atom is -0.455 e. The molecule has 1 fully saturated rings. The second kappa shape index (κ2) is 5.96. The van der Waals surface area contributed by atoms with E-state index in [0.29, 0.717) is 6.54 Å². The molecule has 0 saturated heterocycles. The molecule has 1 rings (SSSR count). The van der Waals surface area contributed by atoms with Crippen molar-refractivity contribution in [2.75, 3.05) is 13.2 Å². The van der Waals surface area contributed by atoms with E-state index in [1.807, 2.05) is 12.2 Å². The maximum atomic E-state index is 11.6. The van der Waals surface area contributed by atoms with Crippen molar-refractivity contribution in [3.8, 4) is 0 Å². The summed E-state index contributed by atoms with van der Waals surface area (Å²) in [5, 5.41) is 4.48. The van der Waals surface area contributed by atoms with Gasteiger partial charge in [-0.1, -0.05) is 6.92 Å². The van der Waals surface area contributed by atoms with E-state index in [4.69, 9.17) is 27.9 Å². The first-order valence-corrected chi connectivity index (χ1v) is 6.61. The molecule has 1 aliphatic carbocycles. The maximum Gasteiger partial charge on any atom is 0.321 e. The van der Waals surface area contributed by atoms with Crippen LogP contribution in [0.25, 0.3) is 0 Å². The number of carbonyl (C=O) groups is 3. The van der Waals surface area contributed by atoms with E-state index >= 15 is 0 Å². The van der Waals surface area contributed by atoms with Gasteiger partial charge in [0, 0.05) is 13.0 Å². The summed E-state index contributed by atoms with van der Waals surface area (Å²) in [6.45, 7) is 3.35. The Morgan fingerprint density at radius 3 is 2.37 bits per heavy atom. The fraction of sp³-hybridized carbons (Fsp3) is 0.727. The summed E-state index contributed by atoms with van der Waals surface area (Å²) in [5.41, 5.74) is -0.985. The monoisotopic (exact) mass is 310 g/mol. The third-order valence-electron chi connectivity index (χ3n) is 2.83. The Kier molecular flexibility index (Phi) is 5.04. The summed E-state index contributed by atoms with van der Waals surface area (Å²) < 4.78 is 3.63. The number of amides is 3. The van der Waals surface area contributed by atoms with Gasteiger partial charge in [-0.15, -0.1) is 23.2 Å². The highest BCUT2D eigenvalue weighted by Crippen LogP contribution is 2.64. The van der Waals surface area contributed by atoms with Crippen molar-refractivity contribution in [2.24, 2.45) is 5.41 Å². The zero-order valence-corrected chi connectivity index (χ0v) is 12.2. The van der Waals surface area contributed by atoms with E-state index in [9.17, 15) is 14.4 Å². The number of alkyl halides is 2. The molecule has 0 bridgehead atoms. The van der Waals surface area contributed by atoms with Crippen LogP contribution in [0.15, 0.2) is 0 Å². The van der Waals surface area contributed by atoms with Gasteiger partial charge in [-0.05, 0) is 13.3 Å². The topological polar surface area (TPSA) is 84.5 Å². The largest absolute Gasteiger partial charge is 0.455 e. The number of imide groups is 1. The molecule has 1 saturated carbocycles. The first-order valence-electron chi connectivity index (χ1n) is 5.85. The molecule has 108 valence electrons. The summed E-state index contributed by atoms with van der Waals surface area (Å²) in [7, 11) is 0. The van der Waals surface area contributed by atoms with E-state index in [1.54, 1.807) is 6.92 Å². The highest BCUT2D eigenvalue weighted by atomic mass is 35.5. The van der Waals surface area contributed by atoms with Crippen molar-refractivity contribution in [2.45, 2.75) is 31.0 Å². The van der Waals surface area contributed by atoms with Crippen molar-refractivity contribution in [3.05, 3.63) is 0 Å². The molecule has 0 unspecified atom stereocenters. The van der Waals surface area contributed by atoms with Gasteiger partial charge in [0.05, 0.1) is 0 Å². The summed E-state index contributed by atoms with van der Waals surface area (Å²) in [4.78, 5) is 34.1. The lowest BCUT2D eigenvalue weighted by molar-refractivity contribution is -0.153. The summed E-state index contributed by atoms with van der Waals surface area (Å²) >= 11 is 11.6. The lowest BCUT2D eigenvalue weighted by atomic mass is 10.1. The van der Waals surface area contributed by atoms with Gasteiger partial charge in [0.1, 0.15) is 9.75 Å². The summed E-state index contributed by atoms with van der Waals surface area (Å²) in [6.07, 6.45) is 1.03. The van der Waals surface area contributed by atoms with Gasteiger partial charge in [0.2, 0.25) is 0 Å². The van der Waals surface area contributed by atoms with Crippen LogP contribution in [-0.2, 0) is 14.3 Å². The van der Waals surface area contributed by atoms with Gasteiger partial charge in [0.15, 0.2) is 6.61 Å². The number of rotatable bonds is 5. The molecule has 0 aromatic rings. The number of carbonyl (C=O) groups excluding carboxylic acids is 3. The van der Waals surface area contributed by atoms with Crippen molar-refractivity contribution in [1.82, 2.24) is 10.6 Å². The Bertz CT molecular complexity index is 400. The molecule has 0 heterocycles. The lowest BCUT2D eigenvalue weighted by Gasteiger charge is -2.11. The van der Waals surface area contributed by atoms with E-state index in [-0.39, 0.29) is 6.42 Å². The van der Waals surface area contributed by atoms with Gasteiger partial charge in [-0.3, -0.25) is 14.9 Å². The van der Waals surface area contributed by atoms with Gasteiger partial charge in [-0.2, -0.15) is 0 Å². The van der Waals surface area contributed by atoms with E-state index in [2.05, 4.69) is 5.32 Å². The van der Waals surface area contributed by atoms with Crippen LogP contribution in [0.1, 0.15) is 26.7 Å². The SMILES string of the molecule is CCCNC(=O)NC(=O)COC(=O)[C@]1(C)CC1(Cl)Cl. The molecule has 0 aliphatic heterocycles.